The van der Waals surface area contributed by atoms with Gasteiger partial charge in [0.05, 0.1) is 19.4 Å². The molecule has 72 valence electrons. The van der Waals surface area contributed by atoms with E-state index in [1.807, 2.05) is 0 Å². The smallest absolute Gasteiger partial charge is 0.229 e. The van der Waals surface area contributed by atoms with Crippen LogP contribution in [0.1, 0.15) is 6.92 Å². The summed E-state index contributed by atoms with van der Waals surface area (Å²) >= 11 is 0. The third-order valence-corrected chi connectivity index (χ3v) is 4.70. The van der Waals surface area contributed by atoms with Gasteiger partial charge in [0.2, 0.25) is 0 Å². The standard InChI is InChI=1S/C4H9NO5S2/c1-4(6)5(11(2,7)8)12(3,9)10/h1-3H3/p+1. The molecule has 0 aliphatic rings. The fourth-order valence-corrected chi connectivity index (χ4v) is 4.04. The number of carbonyl (C=O) groups is 1. The zero-order valence-corrected chi connectivity index (χ0v) is 8.49. The first-order valence-electron chi connectivity index (χ1n) is 2.85. The van der Waals surface area contributed by atoms with Gasteiger partial charge in [0.15, 0.2) is 0 Å². The first-order chi connectivity index (χ1) is 5.07. The van der Waals surface area contributed by atoms with Gasteiger partial charge < -0.3 is 0 Å². The molecule has 0 atom stereocenters. The van der Waals surface area contributed by atoms with E-state index in [9.17, 15) is 21.6 Å². The van der Waals surface area contributed by atoms with Crippen molar-refractivity contribution in [2.45, 2.75) is 6.92 Å². The van der Waals surface area contributed by atoms with Crippen LogP contribution in [-0.2, 0) is 24.8 Å². The van der Waals surface area contributed by atoms with Gasteiger partial charge in [0.25, 0.3) is 0 Å². The first-order valence-corrected chi connectivity index (χ1v) is 6.63. The molecule has 0 saturated carbocycles. The molecule has 6 nitrogen and oxygen atoms in total. The van der Waals surface area contributed by atoms with E-state index in [1.165, 1.54) is 0 Å². The number of hydrogen-bond donors (Lipinski definition) is 1. The Morgan fingerprint density at radius 1 is 1.00 bits per heavy atom. The maximum atomic E-state index is 10.8. The number of nitrogens with one attached hydrogen (secondary N) is 1. The van der Waals surface area contributed by atoms with Crippen molar-refractivity contribution in [1.29, 1.82) is 0 Å². The van der Waals surface area contributed by atoms with Crippen LogP contribution in [0, 0.1) is 0 Å². The monoisotopic (exact) mass is 216 g/mol. The Kier molecular flexibility index (Phi) is 2.99. The lowest BCUT2D eigenvalue weighted by Gasteiger charge is -2.08. The third-order valence-electron chi connectivity index (χ3n) is 0.961. The van der Waals surface area contributed by atoms with Gasteiger partial charge in [0.1, 0.15) is 0 Å². The van der Waals surface area contributed by atoms with E-state index < -0.39 is 29.7 Å². The summed E-state index contributed by atoms with van der Waals surface area (Å²) in [5.41, 5.74) is 0. The van der Waals surface area contributed by atoms with Crippen molar-refractivity contribution in [3.05, 3.63) is 0 Å². The van der Waals surface area contributed by atoms with Gasteiger partial charge in [-0.3, -0.25) is 0 Å². The molecular weight excluding hydrogens is 206 g/mol. The number of rotatable bonds is 2. The van der Waals surface area contributed by atoms with Gasteiger partial charge in [-0.25, -0.2) is 4.79 Å². The molecule has 0 saturated heterocycles. The van der Waals surface area contributed by atoms with Gasteiger partial charge >= 0.3 is 26.0 Å². The molecule has 12 heavy (non-hydrogen) atoms. The summed E-state index contributed by atoms with van der Waals surface area (Å²) in [6.45, 7) is 0.900. The highest BCUT2D eigenvalue weighted by molar-refractivity contribution is 7.96. The Balaban J connectivity index is 5.42. The van der Waals surface area contributed by atoms with Crippen molar-refractivity contribution in [2.24, 2.45) is 0 Å². The second-order valence-electron chi connectivity index (χ2n) is 2.39. The van der Waals surface area contributed by atoms with Crippen LogP contribution in [0.15, 0.2) is 0 Å². The maximum absolute atomic E-state index is 10.8. The van der Waals surface area contributed by atoms with Crippen LogP contribution in [0.5, 0.6) is 0 Å². The summed E-state index contributed by atoms with van der Waals surface area (Å²) in [5, 5.41) is 0. The highest BCUT2D eigenvalue weighted by Crippen LogP contribution is 1.73. The molecular formula is C4H10NO5S2+. The highest BCUT2D eigenvalue weighted by atomic mass is 32.3. The summed E-state index contributed by atoms with van der Waals surface area (Å²) in [5.74, 6) is -0.958. The lowest BCUT2D eigenvalue weighted by Crippen LogP contribution is -3.17. The third kappa shape index (κ3) is 2.88. The fraction of sp³-hybridized carbons (Fsp3) is 0.750. The Bertz CT molecular complexity index is 346. The number of amides is 1. The second kappa shape index (κ2) is 3.11. The van der Waals surface area contributed by atoms with Crippen LogP contribution in [0.25, 0.3) is 0 Å². The molecule has 8 heteroatoms. The number of quaternary nitrogens is 1. The summed E-state index contributed by atoms with van der Waals surface area (Å²) < 4.78 is 42.1. The molecule has 0 radical (unpaired) electrons. The first kappa shape index (κ1) is 11.5. The summed E-state index contributed by atoms with van der Waals surface area (Å²) in [6, 6.07) is 0. The van der Waals surface area contributed by atoms with Crippen LogP contribution in [-0.4, -0.2) is 35.3 Å². The van der Waals surface area contributed by atoms with Crippen LogP contribution < -0.4 is 3.71 Å². The molecule has 0 aliphatic carbocycles. The van der Waals surface area contributed by atoms with Gasteiger partial charge in [-0.05, 0) is 0 Å². The zero-order valence-electron chi connectivity index (χ0n) is 6.86. The minimum atomic E-state index is -3.94. The summed E-state index contributed by atoms with van der Waals surface area (Å²) in [7, 11) is -7.89. The topological polar surface area (TPSA) is 89.8 Å². The molecule has 1 amide bonds. The van der Waals surface area contributed by atoms with E-state index in [0.29, 0.717) is 12.5 Å². The van der Waals surface area contributed by atoms with Crippen molar-refractivity contribution in [2.75, 3.05) is 12.5 Å². The Morgan fingerprint density at radius 3 is 1.25 bits per heavy atom. The van der Waals surface area contributed by atoms with Crippen molar-refractivity contribution >= 4 is 26.0 Å². The molecule has 0 aromatic heterocycles. The van der Waals surface area contributed by atoms with E-state index in [-0.39, 0.29) is 0 Å². The van der Waals surface area contributed by atoms with E-state index in [2.05, 4.69) is 0 Å². The number of sulfonamides is 2. The Labute approximate surface area is 71.3 Å². The highest BCUT2D eigenvalue weighted by Gasteiger charge is 2.35. The second-order valence-corrected chi connectivity index (χ2v) is 6.55. The molecule has 0 aromatic carbocycles. The fourth-order valence-electron chi connectivity index (χ4n) is 0.797. The molecule has 0 unspecified atom stereocenters. The lowest BCUT2D eigenvalue weighted by molar-refractivity contribution is -0.527. The maximum Gasteiger partial charge on any atom is 0.339 e. The van der Waals surface area contributed by atoms with Crippen LogP contribution in [0.2, 0.25) is 0 Å². The molecule has 0 rings (SSSR count). The van der Waals surface area contributed by atoms with E-state index in [4.69, 9.17) is 0 Å². The van der Waals surface area contributed by atoms with Gasteiger partial charge in [-0.1, -0.05) is 3.71 Å². The summed E-state index contributed by atoms with van der Waals surface area (Å²) in [4.78, 5) is 10.6. The average molecular weight is 216 g/mol. The predicted molar refractivity (Wildman–Crippen MR) is 41.3 cm³/mol. The minimum absolute atomic E-state index is 0.685. The quantitative estimate of drug-likeness (QED) is 0.544. The van der Waals surface area contributed by atoms with Gasteiger partial charge in [-0.15, -0.1) is 0 Å². The zero-order chi connectivity index (χ0) is 10.2. The van der Waals surface area contributed by atoms with E-state index in [0.717, 1.165) is 6.92 Å². The van der Waals surface area contributed by atoms with Crippen LogP contribution in [0.3, 0.4) is 0 Å². The minimum Gasteiger partial charge on any atom is -0.229 e. The SMILES string of the molecule is CC(=O)[NH+](S(C)(=O)=O)S(C)(=O)=O. The van der Waals surface area contributed by atoms with Crippen molar-refractivity contribution in [3.63, 3.8) is 0 Å². The number of hydrogen-bond acceptors (Lipinski definition) is 5. The Morgan fingerprint density at radius 2 is 1.25 bits per heavy atom. The van der Waals surface area contributed by atoms with Gasteiger partial charge in [0, 0.05) is 0 Å². The molecule has 0 heterocycles. The lowest BCUT2D eigenvalue weighted by atomic mass is 10.8. The van der Waals surface area contributed by atoms with Crippen molar-refractivity contribution in [3.8, 4) is 0 Å². The normalized spacial score (nSPS) is 13.3. The van der Waals surface area contributed by atoms with Crippen LogP contribution >= 0.6 is 0 Å². The van der Waals surface area contributed by atoms with Crippen LogP contribution in [0.4, 0.5) is 0 Å². The predicted octanol–water partition coefficient (Wildman–Crippen LogP) is -2.66. The van der Waals surface area contributed by atoms with Crippen molar-refractivity contribution in [1.82, 2.24) is 0 Å². The Hall–Kier alpha value is -0.470. The molecule has 0 bridgehead atoms. The molecule has 1 N–H and O–H groups in total. The molecule has 0 fully saturated rings. The summed E-state index contributed by atoms with van der Waals surface area (Å²) in [6.07, 6.45) is 1.37. The van der Waals surface area contributed by atoms with Crippen molar-refractivity contribution < 1.29 is 25.3 Å². The largest absolute Gasteiger partial charge is 0.339 e. The van der Waals surface area contributed by atoms with E-state index in [1.54, 1.807) is 0 Å². The molecule has 0 aromatic rings. The number of carbonyl (C=O) groups excluding carboxylic acids is 1. The van der Waals surface area contributed by atoms with E-state index >= 15 is 0 Å². The molecule has 0 spiro atoms. The average Bonchev–Trinajstić information content (AvgIpc) is 1.49. The van der Waals surface area contributed by atoms with Gasteiger partial charge in [-0.2, -0.15) is 16.8 Å². The molecule has 0 aliphatic heterocycles.